The Kier molecular flexibility index (Phi) is 27.4. The Labute approximate surface area is 490 Å². The average Bonchev–Trinajstić information content (AvgIpc) is 3.43. The molecule has 8 atom stereocenters. The van der Waals surface area contributed by atoms with E-state index in [0.717, 1.165) is 10.8 Å². The van der Waals surface area contributed by atoms with Crippen molar-refractivity contribution >= 4 is 70.1 Å². The zero-order valence-corrected chi connectivity index (χ0v) is 49.4. The lowest BCUT2D eigenvalue weighted by Gasteiger charge is -2.27. The van der Waals surface area contributed by atoms with Crippen LogP contribution in [0.4, 0.5) is 0 Å². The van der Waals surface area contributed by atoms with Crippen molar-refractivity contribution in [1.82, 2.24) is 31.9 Å². The van der Waals surface area contributed by atoms with Crippen LogP contribution in [0.2, 0.25) is 0 Å². The number of carbonyl (C=O) groups excluding carboxylic acids is 10. The van der Waals surface area contributed by atoms with Crippen LogP contribution in [-0.2, 0) is 47.8 Å². The van der Waals surface area contributed by atoms with Crippen LogP contribution in [0.5, 0.6) is 11.5 Å². The van der Waals surface area contributed by atoms with Gasteiger partial charge in [0.1, 0.15) is 47.8 Å². The molecule has 0 bridgehead atoms. The third-order valence-electron chi connectivity index (χ3n) is 13.1. The third kappa shape index (κ3) is 22.5. The standard InChI is InChI=1S/C62H82N6O16/c1-35(2)31-47(55(73)67-51(37(5)6)61(79)83-59(77)42-19-13-11-14-20-42)63-57(75)53(39(9)69)65-49(71)23-17-29-81-45-27-25-41-26-28-46(34-44(41)33-45)82-30-18-24-50(72)66-54(40(10)70)58(76)64-48(32-36(3)4)56(74)68-52(38(7)8)62(80)84-60(78)43-21-15-12-16-22-43/h11-16,19-22,25-28,33-40,47-48,51-54,69-70H,17-18,23-24,29-32H2,1-10H3,(H,63,75)(H,64,76)(H,65,71)(H,66,72)(H,67,73)(H,68,74)/t39?,40?,47?,48?,51-,52-,53?,54?/m0/s1. The zero-order chi connectivity index (χ0) is 62.2. The van der Waals surface area contributed by atoms with E-state index in [9.17, 15) is 58.2 Å². The van der Waals surface area contributed by atoms with Crippen LogP contribution in [-0.4, -0.2) is 131 Å². The van der Waals surface area contributed by atoms with Gasteiger partial charge in [0.25, 0.3) is 0 Å². The van der Waals surface area contributed by atoms with Crippen LogP contribution >= 0.6 is 0 Å². The Morgan fingerprint density at radius 3 is 1.10 bits per heavy atom. The molecule has 22 nitrogen and oxygen atoms in total. The maximum absolute atomic E-state index is 13.6. The highest BCUT2D eigenvalue weighted by Crippen LogP contribution is 2.26. The molecule has 84 heavy (non-hydrogen) atoms. The molecular formula is C62H82N6O16. The van der Waals surface area contributed by atoms with Crippen molar-refractivity contribution in [2.45, 2.75) is 156 Å². The fourth-order valence-electron chi connectivity index (χ4n) is 8.54. The zero-order valence-electron chi connectivity index (χ0n) is 49.4. The highest BCUT2D eigenvalue weighted by atomic mass is 16.6. The van der Waals surface area contributed by atoms with E-state index in [0.29, 0.717) is 11.5 Å². The second-order valence-corrected chi connectivity index (χ2v) is 22.1. The molecule has 0 aromatic heterocycles. The molecule has 6 amide bonds. The van der Waals surface area contributed by atoms with Crippen LogP contribution in [0.25, 0.3) is 10.8 Å². The van der Waals surface area contributed by atoms with Crippen molar-refractivity contribution in [3.63, 3.8) is 0 Å². The number of aliphatic hydroxyl groups excluding tert-OH is 2. The summed E-state index contributed by atoms with van der Waals surface area (Å²) in [4.78, 5) is 132. The van der Waals surface area contributed by atoms with Gasteiger partial charge in [-0.2, -0.15) is 0 Å². The number of ether oxygens (including phenoxy) is 4. The molecule has 4 aromatic carbocycles. The number of fused-ring (bicyclic) bond motifs is 1. The largest absolute Gasteiger partial charge is 0.494 e. The summed E-state index contributed by atoms with van der Waals surface area (Å²) in [6, 6.07) is 18.8. The molecule has 6 unspecified atom stereocenters. The van der Waals surface area contributed by atoms with Gasteiger partial charge in [-0.25, -0.2) is 19.2 Å². The van der Waals surface area contributed by atoms with Gasteiger partial charge in [-0.05, 0) is 123 Å². The minimum atomic E-state index is -1.44. The van der Waals surface area contributed by atoms with Gasteiger partial charge in [-0.1, -0.05) is 104 Å². The molecule has 0 aliphatic rings. The number of benzene rings is 4. The molecule has 0 saturated heterocycles. The lowest BCUT2D eigenvalue weighted by Crippen LogP contribution is -2.59. The van der Waals surface area contributed by atoms with Crippen molar-refractivity contribution in [2.75, 3.05) is 13.2 Å². The second-order valence-electron chi connectivity index (χ2n) is 22.1. The van der Waals surface area contributed by atoms with Crippen LogP contribution < -0.4 is 41.4 Å². The normalized spacial score (nSPS) is 14.1. The minimum absolute atomic E-state index is 0.0816. The Balaban J connectivity index is 1.25. The molecule has 456 valence electrons. The summed E-state index contributed by atoms with van der Waals surface area (Å²) in [5.74, 6) is -8.20. The predicted molar refractivity (Wildman–Crippen MR) is 311 cm³/mol. The van der Waals surface area contributed by atoms with Crippen LogP contribution in [0.15, 0.2) is 97.1 Å². The Hall–Kier alpha value is -8.24. The number of nitrogens with one attached hydrogen (secondary N) is 6. The number of aliphatic hydroxyl groups is 2. The molecule has 0 aliphatic heterocycles. The first-order valence-electron chi connectivity index (χ1n) is 28.3. The predicted octanol–water partition coefficient (Wildman–Crippen LogP) is 5.00. The molecular weight excluding hydrogens is 1080 g/mol. The van der Waals surface area contributed by atoms with Gasteiger partial charge in [0, 0.05) is 12.8 Å². The van der Waals surface area contributed by atoms with E-state index in [-0.39, 0.29) is 74.7 Å². The summed E-state index contributed by atoms with van der Waals surface area (Å²) in [5, 5.41) is 38.3. The number of carbonyl (C=O) groups is 10. The van der Waals surface area contributed by atoms with E-state index in [1.165, 1.54) is 38.1 Å². The maximum Gasteiger partial charge on any atom is 0.345 e. The van der Waals surface area contributed by atoms with Gasteiger partial charge < -0.3 is 61.1 Å². The monoisotopic (exact) mass is 1170 g/mol. The van der Waals surface area contributed by atoms with Gasteiger partial charge in [0.05, 0.1) is 36.5 Å². The first-order chi connectivity index (χ1) is 39.7. The van der Waals surface area contributed by atoms with Crippen molar-refractivity contribution < 1.29 is 77.1 Å². The van der Waals surface area contributed by atoms with Crippen molar-refractivity contribution in [3.8, 4) is 11.5 Å². The fraction of sp³-hybridized carbons (Fsp3) is 0.484. The molecule has 8 N–H and O–H groups in total. The molecule has 4 rings (SSSR count). The first kappa shape index (κ1) is 68.3. The van der Waals surface area contributed by atoms with Gasteiger partial charge in [0.15, 0.2) is 0 Å². The van der Waals surface area contributed by atoms with Crippen molar-refractivity contribution in [2.24, 2.45) is 23.7 Å². The summed E-state index contributed by atoms with van der Waals surface area (Å²) < 4.78 is 22.0. The second kappa shape index (κ2) is 33.8. The summed E-state index contributed by atoms with van der Waals surface area (Å²) in [7, 11) is 0. The molecule has 0 radical (unpaired) electrons. The van der Waals surface area contributed by atoms with Crippen LogP contribution in [0, 0.1) is 23.7 Å². The number of hydrogen-bond acceptors (Lipinski definition) is 16. The van der Waals surface area contributed by atoms with Crippen LogP contribution in [0.1, 0.15) is 128 Å². The van der Waals surface area contributed by atoms with E-state index in [2.05, 4.69) is 31.9 Å². The molecule has 0 aliphatic carbocycles. The number of amides is 6. The first-order valence-corrected chi connectivity index (χ1v) is 28.3. The van der Waals surface area contributed by atoms with E-state index >= 15 is 0 Å². The van der Waals surface area contributed by atoms with Gasteiger partial charge in [-0.3, -0.25) is 28.8 Å². The van der Waals surface area contributed by atoms with Crippen molar-refractivity contribution in [3.05, 3.63) is 108 Å². The molecule has 0 fully saturated rings. The SMILES string of the molecule is CC(C)CC(NC(=O)C(NC(=O)CCCOc1ccc2ccc(OCCCC(=O)NC(C(=O)NC(CC(C)C)C(=O)N[C@H](C(=O)OC(=O)c3ccccc3)C(C)C)C(C)O)cc2c1)C(C)O)C(=O)N[C@H](C(=O)OC(=O)c1ccccc1)C(C)C. The lowest BCUT2D eigenvalue weighted by atomic mass is 9.99. The number of esters is 4. The Morgan fingerprint density at radius 1 is 0.417 bits per heavy atom. The topological polar surface area (TPSA) is 320 Å². The molecule has 4 aromatic rings. The lowest BCUT2D eigenvalue weighted by molar-refractivity contribution is -0.145. The highest BCUT2D eigenvalue weighted by molar-refractivity contribution is 6.01. The summed E-state index contributed by atoms with van der Waals surface area (Å²) >= 11 is 0. The van der Waals surface area contributed by atoms with E-state index in [1.54, 1.807) is 88.4 Å². The quantitative estimate of drug-likeness (QED) is 0.0181. The Bertz CT molecular complexity index is 2690. The van der Waals surface area contributed by atoms with E-state index < -0.39 is 120 Å². The molecule has 0 saturated carbocycles. The fourth-order valence-corrected chi connectivity index (χ4v) is 8.54. The highest BCUT2D eigenvalue weighted by Gasteiger charge is 2.36. The minimum Gasteiger partial charge on any atom is -0.494 e. The number of rotatable bonds is 32. The van der Waals surface area contributed by atoms with E-state index in [1.807, 2.05) is 39.8 Å². The summed E-state index contributed by atoms with van der Waals surface area (Å²) in [6.07, 6.45) is -2.15. The molecule has 0 spiro atoms. The van der Waals surface area contributed by atoms with E-state index in [4.69, 9.17) is 18.9 Å². The molecule has 0 heterocycles. The van der Waals surface area contributed by atoms with Gasteiger partial charge >= 0.3 is 23.9 Å². The average molecular weight is 1170 g/mol. The summed E-state index contributed by atoms with van der Waals surface area (Å²) in [5.41, 5.74) is 0.297. The van der Waals surface area contributed by atoms with Gasteiger partial charge in [-0.15, -0.1) is 0 Å². The number of hydrogen-bond donors (Lipinski definition) is 8. The van der Waals surface area contributed by atoms with Crippen molar-refractivity contribution in [1.29, 1.82) is 0 Å². The van der Waals surface area contributed by atoms with Crippen LogP contribution in [0.3, 0.4) is 0 Å². The summed E-state index contributed by atoms with van der Waals surface area (Å²) in [6.45, 7) is 16.8. The maximum atomic E-state index is 13.6. The Morgan fingerprint density at radius 2 is 0.774 bits per heavy atom. The van der Waals surface area contributed by atoms with Gasteiger partial charge in [0.2, 0.25) is 35.4 Å². The smallest absolute Gasteiger partial charge is 0.345 e. The molecule has 22 heteroatoms. The third-order valence-corrected chi connectivity index (χ3v) is 13.1.